The van der Waals surface area contributed by atoms with Gasteiger partial charge in [0.15, 0.2) is 5.75 Å². The highest BCUT2D eigenvalue weighted by atomic mass is 16.5. The summed E-state index contributed by atoms with van der Waals surface area (Å²) in [5, 5.41) is 2.87. The Morgan fingerprint density at radius 3 is 2.50 bits per heavy atom. The number of aryl methyl sites for hydroxylation is 1. The maximum Gasteiger partial charge on any atom is 0.261 e. The third kappa shape index (κ3) is 3.72. The SMILES string of the molecule is Cc1ccc2c(c1)N(C)C(=O)c1cc(NC(=O)CC(C)(C)C)ccc1O2. The molecular weight excluding hydrogens is 328 g/mol. The lowest BCUT2D eigenvalue weighted by Crippen LogP contribution is -2.25. The van der Waals surface area contributed by atoms with Gasteiger partial charge >= 0.3 is 0 Å². The summed E-state index contributed by atoms with van der Waals surface area (Å²) in [6, 6.07) is 10.9. The first-order chi connectivity index (χ1) is 12.1. The summed E-state index contributed by atoms with van der Waals surface area (Å²) in [7, 11) is 1.73. The highest BCUT2D eigenvalue weighted by molar-refractivity contribution is 6.10. The van der Waals surface area contributed by atoms with Crippen LogP contribution in [0.5, 0.6) is 11.5 Å². The topological polar surface area (TPSA) is 58.6 Å². The Hall–Kier alpha value is -2.82. The van der Waals surface area contributed by atoms with Crippen molar-refractivity contribution in [3.63, 3.8) is 0 Å². The number of amides is 2. The van der Waals surface area contributed by atoms with Gasteiger partial charge in [-0.15, -0.1) is 0 Å². The monoisotopic (exact) mass is 352 g/mol. The molecule has 2 amide bonds. The van der Waals surface area contributed by atoms with E-state index in [2.05, 4.69) is 5.32 Å². The Labute approximate surface area is 154 Å². The maximum absolute atomic E-state index is 12.9. The van der Waals surface area contributed by atoms with Crippen molar-refractivity contribution in [1.29, 1.82) is 0 Å². The van der Waals surface area contributed by atoms with Gasteiger partial charge in [0.25, 0.3) is 5.91 Å². The van der Waals surface area contributed by atoms with E-state index in [1.165, 1.54) is 0 Å². The average Bonchev–Trinajstić information content (AvgIpc) is 2.63. The number of benzene rings is 2. The first-order valence-electron chi connectivity index (χ1n) is 8.64. The smallest absolute Gasteiger partial charge is 0.261 e. The molecule has 0 bridgehead atoms. The molecular formula is C21H24N2O3. The van der Waals surface area contributed by atoms with E-state index in [1.807, 2.05) is 45.9 Å². The maximum atomic E-state index is 12.9. The number of carbonyl (C=O) groups excluding carboxylic acids is 2. The first-order valence-corrected chi connectivity index (χ1v) is 8.64. The second-order valence-corrected chi connectivity index (χ2v) is 7.93. The Morgan fingerprint density at radius 1 is 1.12 bits per heavy atom. The fraction of sp³-hybridized carbons (Fsp3) is 0.333. The van der Waals surface area contributed by atoms with E-state index in [-0.39, 0.29) is 17.2 Å². The summed E-state index contributed by atoms with van der Waals surface area (Å²) in [6.07, 6.45) is 0.402. The second-order valence-electron chi connectivity index (χ2n) is 7.93. The van der Waals surface area contributed by atoms with E-state index < -0.39 is 0 Å². The van der Waals surface area contributed by atoms with Crippen LogP contribution in [0.4, 0.5) is 11.4 Å². The van der Waals surface area contributed by atoms with Crippen LogP contribution >= 0.6 is 0 Å². The zero-order chi connectivity index (χ0) is 19.1. The summed E-state index contributed by atoms with van der Waals surface area (Å²) in [5.74, 6) is 0.871. The Balaban J connectivity index is 1.92. The van der Waals surface area contributed by atoms with Crippen LogP contribution in [0.1, 0.15) is 43.1 Å². The molecule has 5 heteroatoms. The van der Waals surface area contributed by atoms with Crippen molar-refractivity contribution >= 4 is 23.2 Å². The normalized spacial score (nSPS) is 13.4. The van der Waals surface area contributed by atoms with Gasteiger partial charge in [-0.1, -0.05) is 26.8 Å². The van der Waals surface area contributed by atoms with Gasteiger partial charge in [-0.3, -0.25) is 9.59 Å². The van der Waals surface area contributed by atoms with Crippen LogP contribution in [0.15, 0.2) is 36.4 Å². The molecule has 26 heavy (non-hydrogen) atoms. The summed E-state index contributed by atoms with van der Waals surface area (Å²) < 4.78 is 5.96. The second kappa shape index (κ2) is 6.48. The van der Waals surface area contributed by atoms with Crippen LogP contribution in [0.2, 0.25) is 0 Å². The fourth-order valence-electron chi connectivity index (χ4n) is 2.94. The molecule has 2 aromatic rings. The van der Waals surface area contributed by atoms with Gasteiger partial charge in [-0.2, -0.15) is 0 Å². The molecule has 5 nitrogen and oxygen atoms in total. The summed E-state index contributed by atoms with van der Waals surface area (Å²) in [6.45, 7) is 8.00. The van der Waals surface area contributed by atoms with E-state index in [4.69, 9.17) is 4.74 Å². The molecule has 0 radical (unpaired) electrons. The summed E-state index contributed by atoms with van der Waals surface area (Å²) >= 11 is 0. The molecule has 0 aliphatic carbocycles. The molecule has 1 N–H and O–H groups in total. The van der Waals surface area contributed by atoms with E-state index in [1.54, 1.807) is 30.1 Å². The molecule has 0 unspecified atom stereocenters. The number of rotatable bonds is 2. The lowest BCUT2D eigenvalue weighted by atomic mass is 9.92. The first kappa shape index (κ1) is 18.0. The molecule has 0 aromatic heterocycles. The number of carbonyl (C=O) groups is 2. The minimum absolute atomic E-state index is 0.0771. The molecule has 136 valence electrons. The van der Waals surface area contributed by atoms with Crippen molar-refractivity contribution in [1.82, 2.24) is 0 Å². The van der Waals surface area contributed by atoms with Crippen molar-refractivity contribution < 1.29 is 14.3 Å². The number of hydrogen-bond acceptors (Lipinski definition) is 3. The lowest BCUT2D eigenvalue weighted by molar-refractivity contribution is -0.117. The number of ether oxygens (including phenoxy) is 1. The fourth-order valence-corrected chi connectivity index (χ4v) is 2.94. The number of nitrogens with zero attached hydrogens (tertiary/aromatic N) is 1. The summed E-state index contributed by atoms with van der Waals surface area (Å²) in [4.78, 5) is 26.7. The van der Waals surface area contributed by atoms with E-state index in [9.17, 15) is 9.59 Å². The van der Waals surface area contributed by atoms with Gasteiger partial charge in [0.05, 0.1) is 11.3 Å². The molecule has 0 saturated carbocycles. The zero-order valence-electron chi connectivity index (χ0n) is 15.8. The molecule has 0 saturated heterocycles. The zero-order valence-corrected chi connectivity index (χ0v) is 15.8. The Kier molecular flexibility index (Phi) is 4.48. The standard InChI is InChI=1S/C21H24N2O3/c1-13-6-8-18-16(10-13)23(5)20(25)15-11-14(7-9-17(15)26-18)22-19(24)12-21(2,3)4/h6-11H,12H2,1-5H3,(H,22,24). The van der Waals surface area contributed by atoms with Crippen molar-refractivity contribution in [3.05, 3.63) is 47.5 Å². The molecule has 0 atom stereocenters. The van der Waals surface area contributed by atoms with Crippen molar-refractivity contribution in [2.45, 2.75) is 34.1 Å². The van der Waals surface area contributed by atoms with Gasteiger partial charge in [-0.25, -0.2) is 0 Å². The molecule has 1 aliphatic rings. The van der Waals surface area contributed by atoms with Crippen LogP contribution in [-0.2, 0) is 4.79 Å². The van der Waals surface area contributed by atoms with E-state index >= 15 is 0 Å². The predicted molar refractivity (Wildman–Crippen MR) is 103 cm³/mol. The molecule has 3 rings (SSSR count). The van der Waals surface area contributed by atoms with Crippen LogP contribution in [-0.4, -0.2) is 18.9 Å². The van der Waals surface area contributed by atoms with Gasteiger partial charge in [0.2, 0.25) is 5.91 Å². The third-order valence-electron chi connectivity index (χ3n) is 4.18. The van der Waals surface area contributed by atoms with Crippen LogP contribution in [0, 0.1) is 12.3 Å². The number of hydrogen-bond donors (Lipinski definition) is 1. The predicted octanol–water partition coefficient (Wildman–Crippen LogP) is 4.75. The lowest BCUT2D eigenvalue weighted by Gasteiger charge is -2.18. The van der Waals surface area contributed by atoms with Crippen molar-refractivity contribution in [2.24, 2.45) is 5.41 Å². The van der Waals surface area contributed by atoms with E-state index in [0.29, 0.717) is 29.2 Å². The molecule has 2 aromatic carbocycles. The molecule has 1 aliphatic heterocycles. The van der Waals surface area contributed by atoms with Crippen LogP contribution in [0.25, 0.3) is 0 Å². The molecule has 0 spiro atoms. The highest BCUT2D eigenvalue weighted by Gasteiger charge is 2.26. The van der Waals surface area contributed by atoms with Crippen molar-refractivity contribution in [2.75, 3.05) is 17.3 Å². The number of anilines is 2. The minimum Gasteiger partial charge on any atom is -0.454 e. The third-order valence-corrected chi connectivity index (χ3v) is 4.18. The largest absolute Gasteiger partial charge is 0.454 e. The van der Waals surface area contributed by atoms with E-state index in [0.717, 1.165) is 11.3 Å². The average molecular weight is 352 g/mol. The highest BCUT2D eigenvalue weighted by Crippen LogP contribution is 2.39. The van der Waals surface area contributed by atoms with Crippen LogP contribution < -0.4 is 15.0 Å². The summed E-state index contributed by atoms with van der Waals surface area (Å²) in [5.41, 5.74) is 2.69. The van der Waals surface area contributed by atoms with Crippen LogP contribution in [0.3, 0.4) is 0 Å². The van der Waals surface area contributed by atoms with Gasteiger partial charge in [0.1, 0.15) is 5.75 Å². The number of fused-ring (bicyclic) bond motifs is 2. The quantitative estimate of drug-likeness (QED) is 0.848. The van der Waals surface area contributed by atoms with Crippen molar-refractivity contribution in [3.8, 4) is 11.5 Å². The van der Waals surface area contributed by atoms with Gasteiger partial charge in [0, 0.05) is 19.2 Å². The minimum atomic E-state index is -0.170. The number of nitrogens with one attached hydrogen (secondary N) is 1. The molecule has 1 heterocycles. The molecule has 0 fully saturated rings. The Bertz CT molecular complexity index is 881. The van der Waals surface area contributed by atoms with Gasteiger partial charge in [-0.05, 0) is 48.2 Å². The van der Waals surface area contributed by atoms with Gasteiger partial charge < -0.3 is 15.0 Å². The Morgan fingerprint density at radius 2 is 1.81 bits per heavy atom.